The Morgan fingerprint density at radius 2 is 1.81 bits per heavy atom. The zero-order valence-corrected chi connectivity index (χ0v) is 17.4. The second-order valence-electron chi connectivity index (χ2n) is 7.00. The number of aryl methyl sites for hydroxylation is 2. The standard InChI is InChI=1S/C22H17F3N4OS/c1-13-6-8-15(9-7-13)18-12-31-21(26-18)29-19(10-14(2)28-29)27-20(30)16-4-3-5-17(11-16)22(23,24)25/h3-12H,1-2H3,(H,27,30). The molecule has 31 heavy (non-hydrogen) atoms. The van der Waals surface area contributed by atoms with Crippen LogP contribution >= 0.6 is 11.3 Å². The lowest BCUT2D eigenvalue weighted by atomic mass is 10.1. The molecule has 5 nitrogen and oxygen atoms in total. The molecule has 0 saturated carbocycles. The van der Waals surface area contributed by atoms with Crippen LogP contribution in [-0.4, -0.2) is 20.7 Å². The van der Waals surface area contributed by atoms with Crippen molar-refractivity contribution in [3.63, 3.8) is 0 Å². The Morgan fingerprint density at radius 3 is 2.52 bits per heavy atom. The van der Waals surface area contributed by atoms with Crippen LogP contribution in [0.5, 0.6) is 0 Å². The van der Waals surface area contributed by atoms with Crippen molar-refractivity contribution in [2.24, 2.45) is 0 Å². The highest BCUT2D eigenvalue weighted by Gasteiger charge is 2.31. The molecule has 2 heterocycles. The molecule has 0 aliphatic heterocycles. The van der Waals surface area contributed by atoms with Gasteiger partial charge in [0.15, 0.2) is 0 Å². The van der Waals surface area contributed by atoms with Crippen molar-refractivity contribution in [1.82, 2.24) is 14.8 Å². The van der Waals surface area contributed by atoms with Crippen molar-refractivity contribution in [2.45, 2.75) is 20.0 Å². The number of aromatic nitrogens is 3. The summed E-state index contributed by atoms with van der Waals surface area (Å²) < 4.78 is 40.4. The van der Waals surface area contributed by atoms with E-state index in [1.54, 1.807) is 13.0 Å². The molecule has 2 aromatic carbocycles. The van der Waals surface area contributed by atoms with E-state index in [0.717, 1.165) is 29.0 Å². The Balaban J connectivity index is 1.61. The van der Waals surface area contributed by atoms with E-state index in [1.165, 1.54) is 28.2 Å². The lowest BCUT2D eigenvalue weighted by Gasteiger charge is -2.09. The minimum absolute atomic E-state index is 0.0975. The summed E-state index contributed by atoms with van der Waals surface area (Å²) in [6, 6.07) is 13.8. The Morgan fingerprint density at radius 1 is 1.06 bits per heavy atom. The van der Waals surface area contributed by atoms with E-state index in [1.807, 2.05) is 36.6 Å². The number of hydrogen-bond donors (Lipinski definition) is 1. The monoisotopic (exact) mass is 442 g/mol. The summed E-state index contributed by atoms with van der Waals surface area (Å²) in [6.07, 6.45) is -4.53. The van der Waals surface area contributed by atoms with Gasteiger partial charge in [-0.05, 0) is 32.0 Å². The van der Waals surface area contributed by atoms with Crippen molar-refractivity contribution in [1.29, 1.82) is 0 Å². The number of carbonyl (C=O) groups is 1. The molecule has 4 rings (SSSR count). The SMILES string of the molecule is Cc1ccc(-c2csc(-n3nc(C)cc3NC(=O)c3cccc(C(F)(F)F)c3)n2)cc1. The average molecular weight is 442 g/mol. The number of carbonyl (C=O) groups excluding carboxylic acids is 1. The van der Waals surface area contributed by atoms with Gasteiger partial charge in [-0.1, -0.05) is 35.9 Å². The van der Waals surface area contributed by atoms with Crippen molar-refractivity contribution < 1.29 is 18.0 Å². The molecule has 4 aromatic rings. The molecule has 1 amide bonds. The Kier molecular flexibility index (Phi) is 5.36. The number of hydrogen-bond acceptors (Lipinski definition) is 4. The van der Waals surface area contributed by atoms with E-state index in [9.17, 15) is 18.0 Å². The lowest BCUT2D eigenvalue weighted by molar-refractivity contribution is -0.137. The first-order chi connectivity index (χ1) is 14.7. The number of anilines is 1. The van der Waals surface area contributed by atoms with Gasteiger partial charge in [0.2, 0.25) is 5.13 Å². The third-order valence-corrected chi connectivity index (χ3v) is 5.36. The Labute approximate surface area is 180 Å². The third-order valence-electron chi connectivity index (χ3n) is 4.55. The number of nitrogens with zero attached hydrogens (tertiary/aromatic N) is 3. The molecule has 0 saturated heterocycles. The molecule has 1 N–H and O–H groups in total. The van der Waals surface area contributed by atoms with Crippen LogP contribution in [0.25, 0.3) is 16.4 Å². The summed E-state index contributed by atoms with van der Waals surface area (Å²) in [5.74, 6) is -0.340. The molecule has 2 aromatic heterocycles. The molecule has 0 atom stereocenters. The fraction of sp³-hybridized carbons (Fsp3) is 0.136. The lowest BCUT2D eigenvalue weighted by Crippen LogP contribution is -2.16. The molecule has 0 fully saturated rings. The van der Waals surface area contributed by atoms with Gasteiger partial charge in [0, 0.05) is 22.6 Å². The van der Waals surface area contributed by atoms with E-state index >= 15 is 0 Å². The normalized spacial score (nSPS) is 11.5. The van der Waals surface area contributed by atoms with Crippen LogP contribution in [0.15, 0.2) is 60.0 Å². The van der Waals surface area contributed by atoms with Gasteiger partial charge in [-0.25, -0.2) is 4.98 Å². The van der Waals surface area contributed by atoms with Gasteiger partial charge in [0.25, 0.3) is 5.91 Å². The van der Waals surface area contributed by atoms with E-state index < -0.39 is 17.6 Å². The first-order valence-electron chi connectivity index (χ1n) is 9.29. The van der Waals surface area contributed by atoms with Crippen molar-refractivity contribution in [3.05, 3.63) is 82.4 Å². The molecule has 158 valence electrons. The maximum atomic E-state index is 13.0. The topological polar surface area (TPSA) is 59.8 Å². The second kappa shape index (κ2) is 7.99. The number of thiazole rings is 1. The van der Waals surface area contributed by atoms with E-state index in [4.69, 9.17) is 0 Å². The van der Waals surface area contributed by atoms with Crippen LogP contribution in [0.4, 0.5) is 19.0 Å². The zero-order chi connectivity index (χ0) is 22.2. The second-order valence-corrected chi connectivity index (χ2v) is 7.83. The predicted octanol–water partition coefficient (Wildman–Crippen LogP) is 5.88. The number of nitrogens with one attached hydrogen (secondary N) is 1. The number of rotatable bonds is 4. The average Bonchev–Trinajstić information content (AvgIpc) is 3.34. The van der Waals surface area contributed by atoms with Gasteiger partial charge in [-0.15, -0.1) is 11.3 Å². The molecule has 9 heteroatoms. The largest absolute Gasteiger partial charge is 0.416 e. The molecular weight excluding hydrogens is 425 g/mol. The van der Waals surface area contributed by atoms with Gasteiger partial charge < -0.3 is 5.32 Å². The van der Waals surface area contributed by atoms with Crippen LogP contribution < -0.4 is 5.32 Å². The van der Waals surface area contributed by atoms with E-state index in [-0.39, 0.29) is 5.56 Å². The molecular formula is C22H17F3N4OS. The summed E-state index contributed by atoms with van der Waals surface area (Å²) in [5, 5.41) is 9.43. The van der Waals surface area contributed by atoms with E-state index in [0.29, 0.717) is 16.6 Å². The first-order valence-corrected chi connectivity index (χ1v) is 10.2. The summed E-state index contributed by atoms with van der Waals surface area (Å²) in [6.45, 7) is 3.76. The summed E-state index contributed by atoms with van der Waals surface area (Å²) in [7, 11) is 0. The van der Waals surface area contributed by atoms with Gasteiger partial charge in [-0.3, -0.25) is 4.79 Å². The molecule has 0 spiro atoms. The number of alkyl halides is 3. The van der Waals surface area contributed by atoms with Gasteiger partial charge in [0.05, 0.1) is 17.0 Å². The smallest absolute Gasteiger partial charge is 0.306 e. The number of halogens is 3. The third kappa shape index (κ3) is 4.51. The molecule has 0 aliphatic rings. The van der Waals surface area contributed by atoms with E-state index in [2.05, 4.69) is 15.4 Å². The van der Waals surface area contributed by atoms with Crippen LogP contribution in [0.3, 0.4) is 0 Å². The van der Waals surface area contributed by atoms with Crippen LogP contribution in [0, 0.1) is 13.8 Å². The Hall–Kier alpha value is -3.46. The molecule has 0 radical (unpaired) electrons. The van der Waals surface area contributed by atoms with Crippen LogP contribution in [0.2, 0.25) is 0 Å². The first kappa shape index (κ1) is 20.8. The van der Waals surface area contributed by atoms with Gasteiger partial charge >= 0.3 is 6.18 Å². The highest BCUT2D eigenvalue weighted by molar-refractivity contribution is 7.12. The van der Waals surface area contributed by atoms with Crippen molar-refractivity contribution in [3.8, 4) is 16.4 Å². The van der Waals surface area contributed by atoms with Crippen LogP contribution in [0.1, 0.15) is 27.2 Å². The van der Waals surface area contributed by atoms with Crippen LogP contribution in [-0.2, 0) is 6.18 Å². The summed E-state index contributed by atoms with van der Waals surface area (Å²) >= 11 is 1.35. The minimum Gasteiger partial charge on any atom is -0.306 e. The highest BCUT2D eigenvalue weighted by Crippen LogP contribution is 2.30. The highest BCUT2D eigenvalue weighted by atomic mass is 32.1. The molecule has 0 bridgehead atoms. The summed E-state index contributed by atoms with van der Waals surface area (Å²) in [5.41, 5.74) is 2.51. The van der Waals surface area contributed by atoms with Crippen molar-refractivity contribution in [2.75, 3.05) is 5.32 Å². The fourth-order valence-electron chi connectivity index (χ4n) is 2.98. The maximum absolute atomic E-state index is 13.0. The van der Waals surface area contributed by atoms with Gasteiger partial charge in [-0.2, -0.15) is 23.0 Å². The zero-order valence-electron chi connectivity index (χ0n) is 16.6. The number of benzene rings is 2. The molecule has 0 aliphatic carbocycles. The minimum atomic E-state index is -4.53. The quantitative estimate of drug-likeness (QED) is 0.429. The Bertz CT molecular complexity index is 1240. The predicted molar refractivity (Wildman–Crippen MR) is 114 cm³/mol. The fourth-order valence-corrected chi connectivity index (χ4v) is 3.77. The molecule has 0 unspecified atom stereocenters. The van der Waals surface area contributed by atoms with Gasteiger partial charge in [0.1, 0.15) is 5.82 Å². The van der Waals surface area contributed by atoms with Crippen molar-refractivity contribution >= 4 is 23.1 Å². The summed E-state index contributed by atoms with van der Waals surface area (Å²) in [4.78, 5) is 17.2. The number of amides is 1. The maximum Gasteiger partial charge on any atom is 0.416 e.